The lowest BCUT2D eigenvalue weighted by Gasteiger charge is -2.35. The molecule has 1 heterocycles. The number of aryl methyl sites for hydroxylation is 1. The highest BCUT2D eigenvalue weighted by molar-refractivity contribution is 9.10. The van der Waals surface area contributed by atoms with Crippen molar-refractivity contribution in [1.82, 2.24) is 4.90 Å². The quantitative estimate of drug-likeness (QED) is 0.718. The number of carbonyl (C=O) groups is 2. The number of nitrogen functional groups attached to an aromatic ring is 1. The van der Waals surface area contributed by atoms with Gasteiger partial charge < -0.3 is 15.8 Å². The van der Waals surface area contributed by atoms with Gasteiger partial charge >= 0.3 is 6.09 Å². The summed E-state index contributed by atoms with van der Waals surface area (Å²) in [4.78, 5) is 27.0. The van der Waals surface area contributed by atoms with Crippen LogP contribution in [0, 0.1) is 6.92 Å². The van der Waals surface area contributed by atoms with Gasteiger partial charge in [-0.05, 0) is 65.2 Å². The van der Waals surface area contributed by atoms with Crippen molar-refractivity contribution in [3.63, 3.8) is 0 Å². The second-order valence-corrected chi connectivity index (χ2v) is 8.56. The first-order chi connectivity index (χ1) is 11.4. The molecule has 0 saturated carbocycles. The molecule has 1 aliphatic rings. The number of likely N-dealkylation sites (tertiary alicyclic amines) is 1. The zero-order valence-corrected chi connectivity index (χ0v) is 17.0. The molecule has 1 atom stereocenters. The van der Waals surface area contributed by atoms with Gasteiger partial charge in [-0.15, -0.1) is 0 Å². The second kappa shape index (κ2) is 6.86. The number of nitrogens with zero attached hydrogens (tertiary/aromatic N) is 1. The number of nitrogens with one attached hydrogen (secondary N) is 1. The van der Waals surface area contributed by atoms with Crippen molar-refractivity contribution in [3.05, 3.63) is 22.2 Å². The lowest BCUT2D eigenvalue weighted by atomic mass is 9.97. The van der Waals surface area contributed by atoms with E-state index in [1.807, 2.05) is 33.8 Å². The van der Waals surface area contributed by atoms with Crippen molar-refractivity contribution in [3.8, 4) is 0 Å². The van der Waals surface area contributed by atoms with Crippen molar-refractivity contribution in [2.24, 2.45) is 0 Å². The number of carbonyl (C=O) groups excluding carboxylic acids is 2. The van der Waals surface area contributed by atoms with Crippen molar-refractivity contribution in [2.45, 2.75) is 58.6 Å². The molecule has 2 amide bonds. The van der Waals surface area contributed by atoms with Gasteiger partial charge in [-0.1, -0.05) is 15.9 Å². The van der Waals surface area contributed by atoms with E-state index in [4.69, 9.17) is 10.5 Å². The van der Waals surface area contributed by atoms with Gasteiger partial charge in [0, 0.05) is 11.0 Å². The zero-order chi connectivity index (χ0) is 19.0. The van der Waals surface area contributed by atoms with Gasteiger partial charge in [0.1, 0.15) is 11.1 Å². The lowest BCUT2D eigenvalue weighted by Crippen LogP contribution is -2.54. The Kier molecular flexibility index (Phi) is 5.37. The summed E-state index contributed by atoms with van der Waals surface area (Å²) in [6.07, 6.45) is 0.849. The highest BCUT2D eigenvalue weighted by Crippen LogP contribution is 2.34. The molecule has 1 saturated heterocycles. The van der Waals surface area contributed by atoms with Crippen molar-refractivity contribution in [2.75, 3.05) is 17.6 Å². The molecular weight excluding hydrogens is 386 g/mol. The molecule has 1 aromatic carbocycles. The van der Waals surface area contributed by atoms with Crippen LogP contribution in [0.25, 0.3) is 0 Å². The van der Waals surface area contributed by atoms with Gasteiger partial charge in [-0.25, -0.2) is 4.79 Å². The molecule has 0 radical (unpaired) electrons. The minimum atomic E-state index is -0.967. The standard InChI is InChI=1S/C18H26BrN3O3/c1-11-9-12(19)10-13(14(11)20)21-15(23)18(5)7-6-8-22(18)16(24)25-17(2,3)4/h9-10H,6-8,20H2,1-5H3,(H,21,23)/t18-/m0/s1. The summed E-state index contributed by atoms with van der Waals surface area (Å²) in [6, 6.07) is 3.64. The van der Waals surface area contributed by atoms with E-state index in [-0.39, 0.29) is 5.91 Å². The lowest BCUT2D eigenvalue weighted by molar-refractivity contribution is -0.125. The molecule has 1 fully saturated rings. The van der Waals surface area contributed by atoms with Crippen molar-refractivity contribution >= 4 is 39.3 Å². The summed E-state index contributed by atoms with van der Waals surface area (Å²) in [7, 11) is 0. The predicted molar refractivity (Wildman–Crippen MR) is 103 cm³/mol. The van der Waals surface area contributed by atoms with Crippen LogP contribution in [0.15, 0.2) is 16.6 Å². The van der Waals surface area contributed by atoms with E-state index in [1.54, 1.807) is 13.0 Å². The molecule has 0 unspecified atom stereocenters. The first kappa shape index (κ1) is 19.6. The van der Waals surface area contributed by atoms with E-state index in [9.17, 15) is 9.59 Å². The molecule has 1 aromatic rings. The summed E-state index contributed by atoms with van der Waals surface area (Å²) >= 11 is 3.41. The average Bonchev–Trinajstić information content (AvgIpc) is 2.86. The minimum Gasteiger partial charge on any atom is -0.444 e. The van der Waals surface area contributed by atoms with Crippen LogP contribution in [-0.2, 0) is 9.53 Å². The summed E-state index contributed by atoms with van der Waals surface area (Å²) in [5, 5.41) is 2.88. The molecule has 0 bridgehead atoms. The number of hydrogen-bond donors (Lipinski definition) is 2. The van der Waals surface area contributed by atoms with E-state index in [1.165, 1.54) is 4.90 Å². The van der Waals surface area contributed by atoms with Crippen LogP contribution in [0.1, 0.15) is 46.1 Å². The number of rotatable bonds is 2. The van der Waals surface area contributed by atoms with E-state index in [2.05, 4.69) is 21.2 Å². The Morgan fingerprint density at radius 3 is 2.60 bits per heavy atom. The smallest absolute Gasteiger partial charge is 0.411 e. The van der Waals surface area contributed by atoms with Crippen LogP contribution in [-0.4, -0.2) is 34.6 Å². The van der Waals surface area contributed by atoms with Crippen LogP contribution >= 0.6 is 15.9 Å². The van der Waals surface area contributed by atoms with Crippen LogP contribution in [0.2, 0.25) is 0 Å². The third-order valence-corrected chi connectivity index (χ3v) is 4.80. The van der Waals surface area contributed by atoms with E-state index in [0.29, 0.717) is 24.3 Å². The Morgan fingerprint density at radius 1 is 1.36 bits per heavy atom. The minimum absolute atomic E-state index is 0.264. The largest absolute Gasteiger partial charge is 0.444 e. The Hall–Kier alpha value is -1.76. The molecule has 6 nitrogen and oxygen atoms in total. The Labute approximate surface area is 157 Å². The second-order valence-electron chi connectivity index (χ2n) is 7.65. The SMILES string of the molecule is Cc1cc(Br)cc(NC(=O)[C@]2(C)CCCN2C(=O)OC(C)(C)C)c1N. The highest BCUT2D eigenvalue weighted by atomic mass is 79.9. The molecule has 25 heavy (non-hydrogen) atoms. The number of halogens is 1. The molecule has 0 aromatic heterocycles. The van der Waals surface area contributed by atoms with Gasteiger partial charge in [-0.3, -0.25) is 9.69 Å². The molecule has 3 N–H and O–H groups in total. The molecular formula is C18H26BrN3O3. The van der Waals surface area contributed by atoms with Gasteiger partial charge in [0.05, 0.1) is 11.4 Å². The summed E-state index contributed by atoms with van der Waals surface area (Å²) in [5.74, 6) is -0.264. The maximum absolute atomic E-state index is 13.0. The monoisotopic (exact) mass is 411 g/mol. The number of anilines is 2. The third kappa shape index (κ3) is 4.26. The zero-order valence-electron chi connectivity index (χ0n) is 15.4. The summed E-state index contributed by atoms with van der Waals surface area (Å²) in [5.41, 5.74) is 6.42. The van der Waals surface area contributed by atoms with Crippen molar-refractivity contribution < 1.29 is 14.3 Å². The van der Waals surface area contributed by atoms with Crippen LogP contribution < -0.4 is 11.1 Å². The van der Waals surface area contributed by atoms with Crippen LogP contribution in [0.5, 0.6) is 0 Å². The van der Waals surface area contributed by atoms with Gasteiger partial charge in [0.25, 0.3) is 0 Å². The maximum Gasteiger partial charge on any atom is 0.411 e. The fourth-order valence-corrected chi connectivity index (χ4v) is 3.50. The molecule has 0 spiro atoms. The fourth-order valence-electron chi connectivity index (χ4n) is 2.92. The number of amides is 2. The maximum atomic E-state index is 13.0. The number of nitrogens with two attached hydrogens (primary N) is 1. The van der Waals surface area contributed by atoms with E-state index >= 15 is 0 Å². The average molecular weight is 412 g/mol. The number of benzene rings is 1. The van der Waals surface area contributed by atoms with Crippen molar-refractivity contribution in [1.29, 1.82) is 0 Å². The summed E-state index contributed by atoms with van der Waals surface area (Å²) < 4.78 is 6.28. The van der Waals surface area contributed by atoms with Gasteiger partial charge in [0.2, 0.25) is 5.91 Å². The van der Waals surface area contributed by atoms with Gasteiger partial charge in [-0.2, -0.15) is 0 Å². The van der Waals surface area contributed by atoms with Crippen LogP contribution in [0.4, 0.5) is 16.2 Å². The van der Waals surface area contributed by atoms with Crippen LogP contribution in [0.3, 0.4) is 0 Å². The van der Waals surface area contributed by atoms with E-state index < -0.39 is 17.2 Å². The molecule has 2 rings (SSSR count). The first-order valence-corrected chi connectivity index (χ1v) is 9.11. The molecule has 0 aliphatic carbocycles. The molecule has 1 aliphatic heterocycles. The predicted octanol–water partition coefficient (Wildman–Crippen LogP) is 4.07. The fraction of sp³-hybridized carbons (Fsp3) is 0.556. The number of ether oxygens (including phenoxy) is 1. The molecule has 138 valence electrons. The highest BCUT2D eigenvalue weighted by Gasteiger charge is 2.47. The normalized spacial score (nSPS) is 20.5. The Balaban J connectivity index is 2.23. The molecule has 7 heteroatoms. The third-order valence-electron chi connectivity index (χ3n) is 4.34. The van der Waals surface area contributed by atoms with Gasteiger partial charge in [0.15, 0.2) is 0 Å². The topological polar surface area (TPSA) is 84.7 Å². The van der Waals surface area contributed by atoms with E-state index in [0.717, 1.165) is 16.5 Å². The number of hydrogen-bond acceptors (Lipinski definition) is 4. The Morgan fingerprint density at radius 2 is 2.00 bits per heavy atom. The first-order valence-electron chi connectivity index (χ1n) is 8.32. The summed E-state index contributed by atoms with van der Waals surface area (Å²) in [6.45, 7) is 9.56. The Bertz CT molecular complexity index is 700.